The number of carbonyl (C=O) groups is 1. The summed E-state index contributed by atoms with van der Waals surface area (Å²) in [5.74, 6) is 1.27. The van der Waals surface area contributed by atoms with Gasteiger partial charge in [0, 0.05) is 13.1 Å². The molecular formula is C12H22N2O. The SMILES string of the molecule is CC1CCCC2(CNCC2C(N)=O)C1C. The lowest BCUT2D eigenvalue weighted by molar-refractivity contribution is -0.127. The third kappa shape index (κ3) is 1.57. The fraction of sp³-hybridized carbons (Fsp3) is 0.917. The van der Waals surface area contributed by atoms with Crippen LogP contribution >= 0.6 is 0 Å². The Balaban J connectivity index is 2.26. The Hall–Kier alpha value is -0.570. The van der Waals surface area contributed by atoms with Gasteiger partial charge in [0.2, 0.25) is 5.91 Å². The van der Waals surface area contributed by atoms with E-state index in [4.69, 9.17) is 5.73 Å². The van der Waals surface area contributed by atoms with Crippen molar-refractivity contribution in [3.63, 3.8) is 0 Å². The van der Waals surface area contributed by atoms with Crippen molar-refractivity contribution in [3.8, 4) is 0 Å². The molecular weight excluding hydrogens is 188 g/mol. The van der Waals surface area contributed by atoms with E-state index < -0.39 is 0 Å². The van der Waals surface area contributed by atoms with Crippen molar-refractivity contribution in [2.45, 2.75) is 33.1 Å². The number of hydrogen-bond acceptors (Lipinski definition) is 2. The second kappa shape index (κ2) is 3.78. The summed E-state index contributed by atoms with van der Waals surface area (Å²) in [5, 5.41) is 3.36. The van der Waals surface area contributed by atoms with E-state index in [0.29, 0.717) is 5.92 Å². The van der Waals surface area contributed by atoms with Crippen LogP contribution in [0.4, 0.5) is 0 Å². The molecule has 1 aliphatic carbocycles. The lowest BCUT2D eigenvalue weighted by atomic mass is 9.58. The van der Waals surface area contributed by atoms with Crippen LogP contribution in [0.1, 0.15) is 33.1 Å². The Morgan fingerprint density at radius 1 is 1.47 bits per heavy atom. The molecule has 2 fully saturated rings. The van der Waals surface area contributed by atoms with E-state index >= 15 is 0 Å². The van der Waals surface area contributed by atoms with E-state index in [1.54, 1.807) is 0 Å². The molecule has 2 rings (SSSR count). The number of nitrogens with one attached hydrogen (secondary N) is 1. The summed E-state index contributed by atoms with van der Waals surface area (Å²) in [5.41, 5.74) is 5.69. The number of hydrogen-bond donors (Lipinski definition) is 2. The van der Waals surface area contributed by atoms with Gasteiger partial charge in [0.15, 0.2) is 0 Å². The largest absolute Gasteiger partial charge is 0.369 e. The highest BCUT2D eigenvalue weighted by Crippen LogP contribution is 2.50. The predicted molar refractivity (Wildman–Crippen MR) is 60.2 cm³/mol. The lowest BCUT2D eigenvalue weighted by Gasteiger charge is -2.45. The Morgan fingerprint density at radius 3 is 2.87 bits per heavy atom. The molecule has 1 spiro atoms. The van der Waals surface area contributed by atoms with Gasteiger partial charge in [-0.2, -0.15) is 0 Å². The molecule has 0 radical (unpaired) electrons. The van der Waals surface area contributed by atoms with Crippen LogP contribution in [-0.2, 0) is 4.79 Å². The topological polar surface area (TPSA) is 55.1 Å². The maximum absolute atomic E-state index is 11.5. The van der Waals surface area contributed by atoms with Crippen molar-refractivity contribution in [1.82, 2.24) is 5.32 Å². The fourth-order valence-electron chi connectivity index (χ4n) is 3.70. The summed E-state index contributed by atoms with van der Waals surface area (Å²) in [6.07, 6.45) is 3.71. The third-order valence-corrected chi connectivity index (χ3v) is 4.90. The van der Waals surface area contributed by atoms with Crippen LogP contribution in [0.15, 0.2) is 0 Å². The third-order valence-electron chi connectivity index (χ3n) is 4.90. The summed E-state index contributed by atoms with van der Waals surface area (Å²) >= 11 is 0. The van der Waals surface area contributed by atoms with Crippen molar-refractivity contribution in [2.24, 2.45) is 28.9 Å². The van der Waals surface area contributed by atoms with Gasteiger partial charge in [-0.3, -0.25) is 4.79 Å². The molecule has 3 heteroatoms. The van der Waals surface area contributed by atoms with Crippen molar-refractivity contribution in [2.75, 3.05) is 13.1 Å². The van der Waals surface area contributed by atoms with Crippen molar-refractivity contribution in [1.29, 1.82) is 0 Å². The molecule has 1 amide bonds. The lowest BCUT2D eigenvalue weighted by Crippen LogP contribution is -2.47. The van der Waals surface area contributed by atoms with E-state index in [1.807, 2.05) is 0 Å². The normalized spacial score (nSPS) is 45.9. The Kier molecular flexibility index (Phi) is 2.75. The average Bonchev–Trinajstić information content (AvgIpc) is 2.59. The highest BCUT2D eigenvalue weighted by molar-refractivity contribution is 5.78. The Morgan fingerprint density at radius 2 is 2.20 bits per heavy atom. The molecule has 0 aromatic carbocycles. The van der Waals surface area contributed by atoms with Gasteiger partial charge in [0.25, 0.3) is 0 Å². The maximum atomic E-state index is 11.5. The van der Waals surface area contributed by atoms with E-state index in [1.165, 1.54) is 19.3 Å². The highest BCUT2D eigenvalue weighted by Gasteiger charge is 2.51. The van der Waals surface area contributed by atoms with Gasteiger partial charge in [-0.15, -0.1) is 0 Å². The average molecular weight is 210 g/mol. The molecule has 1 saturated heterocycles. The number of rotatable bonds is 1. The first-order chi connectivity index (χ1) is 7.08. The molecule has 0 bridgehead atoms. The summed E-state index contributed by atoms with van der Waals surface area (Å²) in [4.78, 5) is 11.5. The standard InChI is InChI=1S/C12H22N2O/c1-8-4-3-5-12(9(8)2)7-14-6-10(12)11(13)15/h8-10,14H,3-7H2,1-2H3,(H2,13,15). The second-order valence-corrected chi connectivity index (χ2v) is 5.48. The molecule has 4 atom stereocenters. The minimum atomic E-state index is -0.110. The highest BCUT2D eigenvalue weighted by atomic mass is 16.1. The molecule has 1 heterocycles. The summed E-state index contributed by atoms with van der Waals surface area (Å²) in [7, 11) is 0. The van der Waals surface area contributed by atoms with Gasteiger partial charge >= 0.3 is 0 Å². The van der Waals surface area contributed by atoms with Crippen LogP contribution in [0, 0.1) is 23.2 Å². The van der Waals surface area contributed by atoms with Crippen LogP contribution in [-0.4, -0.2) is 19.0 Å². The second-order valence-electron chi connectivity index (χ2n) is 5.48. The van der Waals surface area contributed by atoms with Gasteiger partial charge in [0.05, 0.1) is 5.92 Å². The van der Waals surface area contributed by atoms with E-state index in [-0.39, 0.29) is 17.2 Å². The summed E-state index contributed by atoms with van der Waals surface area (Å²) in [6, 6.07) is 0. The molecule has 0 aromatic heterocycles. The van der Waals surface area contributed by atoms with Crippen LogP contribution in [0.3, 0.4) is 0 Å². The van der Waals surface area contributed by atoms with Crippen LogP contribution in [0.25, 0.3) is 0 Å². The quantitative estimate of drug-likeness (QED) is 0.681. The first kappa shape index (κ1) is 10.9. The number of primary amides is 1. The first-order valence-electron chi connectivity index (χ1n) is 6.08. The predicted octanol–water partition coefficient (Wildman–Crippen LogP) is 1.13. The fourth-order valence-corrected chi connectivity index (χ4v) is 3.70. The minimum Gasteiger partial charge on any atom is -0.369 e. The molecule has 0 aromatic rings. The van der Waals surface area contributed by atoms with Crippen molar-refractivity contribution < 1.29 is 4.79 Å². The molecule has 15 heavy (non-hydrogen) atoms. The van der Waals surface area contributed by atoms with E-state index in [9.17, 15) is 4.79 Å². The molecule has 1 aliphatic heterocycles. The zero-order chi connectivity index (χ0) is 11.1. The van der Waals surface area contributed by atoms with Crippen LogP contribution in [0.2, 0.25) is 0 Å². The van der Waals surface area contributed by atoms with E-state index in [2.05, 4.69) is 19.2 Å². The number of carbonyl (C=O) groups excluding carboxylic acids is 1. The van der Waals surface area contributed by atoms with E-state index in [0.717, 1.165) is 19.0 Å². The minimum absolute atomic E-state index is 0.0512. The summed E-state index contributed by atoms with van der Waals surface area (Å²) in [6.45, 7) is 6.37. The molecule has 4 unspecified atom stereocenters. The van der Waals surface area contributed by atoms with Gasteiger partial charge in [-0.25, -0.2) is 0 Å². The van der Waals surface area contributed by atoms with Crippen molar-refractivity contribution in [3.05, 3.63) is 0 Å². The van der Waals surface area contributed by atoms with Crippen LogP contribution < -0.4 is 11.1 Å². The number of amides is 1. The molecule has 86 valence electrons. The van der Waals surface area contributed by atoms with Gasteiger partial charge in [-0.1, -0.05) is 26.7 Å². The van der Waals surface area contributed by atoms with Gasteiger partial charge in [-0.05, 0) is 23.7 Å². The smallest absolute Gasteiger partial charge is 0.222 e. The van der Waals surface area contributed by atoms with Gasteiger partial charge in [0.1, 0.15) is 0 Å². The molecule has 3 N–H and O–H groups in total. The van der Waals surface area contributed by atoms with Crippen molar-refractivity contribution >= 4 is 5.91 Å². The Labute approximate surface area is 91.8 Å². The van der Waals surface area contributed by atoms with Gasteiger partial charge < -0.3 is 11.1 Å². The zero-order valence-electron chi connectivity index (χ0n) is 9.75. The first-order valence-corrected chi connectivity index (χ1v) is 6.08. The Bertz CT molecular complexity index is 266. The molecule has 1 saturated carbocycles. The summed E-state index contributed by atoms with van der Waals surface area (Å²) < 4.78 is 0. The molecule has 2 aliphatic rings. The molecule has 3 nitrogen and oxygen atoms in total. The number of nitrogens with two attached hydrogens (primary N) is 1. The monoisotopic (exact) mass is 210 g/mol. The maximum Gasteiger partial charge on any atom is 0.222 e. The van der Waals surface area contributed by atoms with Crippen LogP contribution in [0.5, 0.6) is 0 Å². The zero-order valence-corrected chi connectivity index (χ0v) is 9.75.